The maximum atomic E-state index is 12.8. The standard InChI is InChI=1S/C26H20ClN5O2/c1-2-15-5-10-18(11-6-15)32-23-19(22(31-32)25(28)33)12-8-16-7-9-17(14-21(16)23)30-26(34)20-4-3-13-29-24(20)27/h2-7,9-11,13-14H,1,8,12H2,(H2,28,33)(H,30,34). The molecule has 8 heteroatoms. The fraction of sp³-hybridized carbons (Fsp3) is 0.0769. The van der Waals surface area contributed by atoms with Crippen LogP contribution in [0.2, 0.25) is 5.15 Å². The summed E-state index contributed by atoms with van der Waals surface area (Å²) in [6.45, 7) is 3.79. The molecule has 168 valence electrons. The number of hydrogen-bond acceptors (Lipinski definition) is 4. The maximum Gasteiger partial charge on any atom is 0.269 e. The van der Waals surface area contributed by atoms with E-state index in [4.69, 9.17) is 17.3 Å². The molecule has 0 spiro atoms. The number of pyridine rings is 1. The molecule has 2 aromatic heterocycles. The van der Waals surface area contributed by atoms with E-state index >= 15 is 0 Å². The number of nitrogens with one attached hydrogen (secondary N) is 1. The van der Waals surface area contributed by atoms with Crippen molar-refractivity contribution in [3.63, 3.8) is 0 Å². The van der Waals surface area contributed by atoms with Gasteiger partial charge in [0.05, 0.1) is 16.9 Å². The van der Waals surface area contributed by atoms with Gasteiger partial charge in [0.15, 0.2) is 5.69 Å². The van der Waals surface area contributed by atoms with Crippen molar-refractivity contribution in [3.05, 3.63) is 100 Å². The number of carbonyl (C=O) groups is 2. The van der Waals surface area contributed by atoms with Crippen molar-refractivity contribution in [3.8, 4) is 16.9 Å². The minimum absolute atomic E-state index is 0.132. The highest BCUT2D eigenvalue weighted by atomic mass is 35.5. The number of nitrogens with two attached hydrogens (primary N) is 1. The zero-order chi connectivity index (χ0) is 23.8. The van der Waals surface area contributed by atoms with Crippen LogP contribution < -0.4 is 11.1 Å². The average Bonchev–Trinajstić information content (AvgIpc) is 3.25. The first-order chi connectivity index (χ1) is 16.5. The second kappa shape index (κ2) is 8.61. The third-order valence-electron chi connectivity index (χ3n) is 5.86. The van der Waals surface area contributed by atoms with Crippen LogP contribution in [-0.2, 0) is 12.8 Å². The van der Waals surface area contributed by atoms with Gasteiger partial charge in [0.1, 0.15) is 5.15 Å². The van der Waals surface area contributed by atoms with Gasteiger partial charge >= 0.3 is 0 Å². The third kappa shape index (κ3) is 3.76. The van der Waals surface area contributed by atoms with Gasteiger partial charge in [0.25, 0.3) is 11.8 Å². The fourth-order valence-electron chi connectivity index (χ4n) is 4.21. The van der Waals surface area contributed by atoms with Crippen molar-refractivity contribution in [1.29, 1.82) is 0 Å². The summed E-state index contributed by atoms with van der Waals surface area (Å²) in [7, 11) is 0. The first kappa shape index (κ1) is 21.6. The molecule has 7 nitrogen and oxygen atoms in total. The van der Waals surface area contributed by atoms with Crippen molar-refractivity contribution in [2.45, 2.75) is 12.8 Å². The summed E-state index contributed by atoms with van der Waals surface area (Å²) in [5.41, 5.74) is 12.1. The molecule has 0 saturated carbocycles. The Labute approximate surface area is 200 Å². The Kier molecular flexibility index (Phi) is 5.47. The van der Waals surface area contributed by atoms with Crippen molar-refractivity contribution in [2.24, 2.45) is 5.73 Å². The van der Waals surface area contributed by atoms with Gasteiger partial charge in [-0.15, -0.1) is 0 Å². The van der Waals surface area contributed by atoms with Crippen LogP contribution in [0.15, 0.2) is 67.4 Å². The molecule has 2 heterocycles. The summed E-state index contributed by atoms with van der Waals surface area (Å²) in [5.74, 6) is -0.933. The molecule has 2 aromatic carbocycles. The number of nitrogens with zero attached hydrogens (tertiary/aromatic N) is 3. The molecule has 0 bridgehead atoms. The fourth-order valence-corrected chi connectivity index (χ4v) is 4.41. The van der Waals surface area contributed by atoms with Crippen molar-refractivity contribution in [1.82, 2.24) is 14.8 Å². The second-order valence-corrected chi connectivity index (χ2v) is 8.27. The quantitative estimate of drug-likeness (QED) is 0.414. The van der Waals surface area contributed by atoms with Crippen LogP contribution in [0.3, 0.4) is 0 Å². The number of halogens is 1. The summed E-state index contributed by atoms with van der Waals surface area (Å²) in [4.78, 5) is 28.9. The summed E-state index contributed by atoms with van der Waals surface area (Å²) < 4.78 is 1.74. The van der Waals surface area contributed by atoms with Crippen LogP contribution in [0.5, 0.6) is 0 Å². The van der Waals surface area contributed by atoms with Crippen molar-refractivity contribution in [2.75, 3.05) is 5.32 Å². The lowest BCUT2D eigenvalue weighted by Crippen LogP contribution is -2.16. The molecule has 1 aliphatic carbocycles. The molecule has 0 aliphatic heterocycles. The number of carbonyl (C=O) groups excluding carboxylic acids is 2. The minimum Gasteiger partial charge on any atom is -0.364 e. The zero-order valence-corrected chi connectivity index (χ0v) is 18.8. The average molecular weight is 470 g/mol. The normalized spacial score (nSPS) is 11.9. The van der Waals surface area contributed by atoms with Gasteiger partial charge in [-0.05, 0) is 60.4 Å². The van der Waals surface area contributed by atoms with E-state index in [9.17, 15) is 9.59 Å². The number of primary amides is 1. The first-order valence-electron chi connectivity index (χ1n) is 10.7. The summed E-state index contributed by atoms with van der Waals surface area (Å²) in [6, 6.07) is 16.7. The van der Waals surface area contributed by atoms with Gasteiger partial charge in [-0.25, -0.2) is 9.67 Å². The second-order valence-electron chi connectivity index (χ2n) is 7.92. The molecule has 4 aromatic rings. The molecule has 0 radical (unpaired) electrons. The predicted molar refractivity (Wildman–Crippen MR) is 132 cm³/mol. The maximum absolute atomic E-state index is 12.8. The Morgan fingerprint density at radius 2 is 1.91 bits per heavy atom. The van der Waals surface area contributed by atoms with Crippen LogP contribution in [-0.4, -0.2) is 26.6 Å². The molecule has 34 heavy (non-hydrogen) atoms. The van der Waals surface area contributed by atoms with E-state index in [1.165, 1.54) is 6.20 Å². The SMILES string of the molecule is C=Cc1ccc(-n2nc(C(N)=O)c3c2-c2cc(NC(=O)c4cccnc4Cl)ccc2CC3)cc1. The van der Waals surface area contributed by atoms with Crippen LogP contribution >= 0.6 is 11.6 Å². The van der Waals surface area contributed by atoms with Crippen molar-refractivity contribution < 1.29 is 9.59 Å². The predicted octanol–water partition coefficient (Wildman–Crippen LogP) is 4.68. The molecular formula is C26H20ClN5O2. The van der Waals surface area contributed by atoms with E-state index in [1.807, 2.05) is 42.5 Å². The Hall–Kier alpha value is -4.23. The van der Waals surface area contributed by atoms with E-state index in [0.29, 0.717) is 12.1 Å². The monoisotopic (exact) mass is 469 g/mol. The van der Waals surface area contributed by atoms with Crippen molar-refractivity contribution >= 4 is 35.2 Å². The molecular weight excluding hydrogens is 450 g/mol. The largest absolute Gasteiger partial charge is 0.364 e. The topological polar surface area (TPSA) is 103 Å². The van der Waals surface area contributed by atoms with E-state index in [1.54, 1.807) is 22.9 Å². The van der Waals surface area contributed by atoms with Gasteiger partial charge in [-0.3, -0.25) is 9.59 Å². The number of aromatic nitrogens is 3. The lowest BCUT2D eigenvalue weighted by molar-refractivity contribution is 0.0992. The molecule has 3 N–H and O–H groups in total. The van der Waals surface area contributed by atoms with E-state index in [2.05, 4.69) is 22.0 Å². The Bertz CT molecular complexity index is 1460. The number of anilines is 1. The summed E-state index contributed by atoms with van der Waals surface area (Å²) in [5, 5.41) is 7.59. The molecule has 1 aliphatic rings. The van der Waals surface area contributed by atoms with Crippen LogP contribution in [0.4, 0.5) is 5.69 Å². The van der Waals surface area contributed by atoms with Gasteiger partial charge in [0, 0.05) is 23.0 Å². The Morgan fingerprint density at radius 1 is 1.12 bits per heavy atom. The summed E-state index contributed by atoms with van der Waals surface area (Å²) >= 11 is 6.08. The molecule has 0 fully saturated rings. The van der Waals surface area contributed by atoms with Crippen LogP contribution in [0.25, 0.3) is 23.0 Å². The number of rotatable bonds is 5. The number of hydrogen-bond donors (Lipinski definition) is 2. The van der Waals surface area contributed by atoms with Gasteiger partial charge in [0.2, 0.25) is 0 Å². The molecule has 5 rings (SSSR count). The van der Waals surface area contributed by atoms with Gasteiger partial charge in [-0.1, -0.05) is 42.5 Å². The van der Waals surface area contributed by atoms with Gasteiger partial charge < -0.3 is 11.1 Å². The minimum atomic E-state index is -0.572. The third-order valence-corrected chi connectivity index (χ3v) is 6.16. The lowest BCUT2D eigenvalue weighted by Gasteiger charge is -2.20. The number of benzene rings is 2. The van der Waals surface area contributed by atoms with E-state index in [-0.39, 0.29) is 22.3 Å². The number of amides is 2. The van der Waals surface area contributed by atoms with Gasteiger partial charge in [-0.2, -0.15) is 5.10 Å². The van der Waals surface area contributed by atoms with Crippen LogP contribution in [0, 0.1) is 0 Å². The highest BCUT2D eigenvalue weighted by Crippen LogP contribution is 2.38. The highest BCUT2D eigenvalue weighted by Gasteiger charge is 2.28. The van der Waals surface area contributed by atoms with E-state index < -0.39 is 5.91 Å². The summed E-state index contributed by atoms with van der Waals surface area (Å²) in [6.07, 6.45) is 4.66. The smallest absolute Gasteiger partial charge is 0.269 e. The molecule has 2 amide bonds. The van der Waals surface area contributed by atoms with Crippen LogP contribution in [0.1, 0.15) is 37.5 Å². The Morgan fingerprint density at radius 3 is 2.62 bits per heavy atom. The van der Waals surface area contributed by atoms with E-state index in [0.717, 1.165) is 40.1 Å². The first-order valence-corrected chi connectivity index (χ1v) is 11.0. The Balaban J connectivity index is 1.61. The highest BCUT2D eigenvalue weighted by molar-refractivity contribution is 6.33. The molecule has 0 saturated heterocycles. The zero-order valence-electron chi connectivity index (χ0n) is 18.1. The number of aryl methyl sites for hydroxylation is 1. The molecule has 0 atom stereocenters. The number of fused-ring (bicyclic) bond motifs is 3. The lowest BCUT2D eigenvalue weighted by atomic mass is 9.88. The molecule has 0 unspecified atom stereocenters.